The van der Waals surface area contributed by atoms with E-state index in [1.165, 1.54) is 0 Å². The van der Waals surface area contributed by atoms with Crippen molar-refractivity contribution in [1.82, 2.24) is 9.29 Å². The number of hydrogen-bond acceptors (Lipinski definition) is 4. The molecular formula is C18H19F2N3O3S. The number of nitrogens with one attached hydrogen (secondary N) is 1. The standard InChI is InChI=1S/C18H19F2N3O3S/c1-12-2-5-17(21-11-12)22-18(24)13-6-8-23(9-7-13)27(25,26)16-10-14(19)3-4-15(16)20/h2-5,10-11,13H,6-9H2,1H3,(H,21,22,24). The SMILES string of the molecule is Cc1ccc(NC(=O)C2CCN(S(=O)(=O)c3cc(F)ccc3F)CC2)nc1. The van der Waals surface area contributed by atoms with Crippen LogP contribution in [-0.4, -0.2) is 36.7 Å². The highest BCUT2D eigenvalue weighted by atomic mass is 32.2. The molecule has 3 rings (SSSR count). The maximum absolute atomic E-state index is 13.9. The lowest BCUT2D eigenvalue weighted by molar-refractivity contribution is -0.120. The third-order valence-electron chi connectivity index (χ3n) is 4.50. The van der Waals surface area contributed by atoms with Gasteiger partial charge in [0.2, 0.25) is 15.9 Å². The van der Waals surface area contributed by atoms with Gasteiger partial charge in [-0.1, -0.05) is 6.07 Å². The molecule has 0 unspecified atom stereocenters. The molecule has 1 amide bonds. The van der Waals surface area contributed by atoms with E-state index in [9.17, 15) is 22.0 Å². The Kier molecular flexibility index (Phi) is 5.52. The van der Waals surface area contributed by atoms with Crippen LogP contribution in [-0.2, 0) is 14.8 Å². The van der Waals surface area contributed by atoms with Crippen LogP contribution >= 0.6 is 0 Å². The largest absolute Gasteiger partial charge is 0.310 e. The summed E-state index contributed by atoms with van der Waals surface area (Å²) >= 11 is 0. The molecule has 0 aliphatic carbocycles. The van der Waals surface area contributed by atoms with Crippen molar-refractivity contribution < 1.29 is 22.0 Å². The first-order valence-electron chi connectivity index (χ1n) is 8.46. The molecule has 2 aromatic rings. The van der Waals surface area contributed by atoms with E-state index in [1.807, 2.05) is 13.0 Å². The minimum absolute atomic E-state index is 0.0533. The summed E-state index contributed by atoms with van der Waals surface area (Å²) in [7, 11) is -4.15. The number of anilines is 1. The molecule has 1 saturated heterocycles. The lowest BCUT2D eigenvalue weighted by Gasteiger charge is -2.30. The molecule has 144 valence electrons. The number of aromatic nitrogens is 1. The maximum atomic E-state index is 13.9. The molecule has 9 heteroatoms. The van der Waals surface area contributed by atoms with Gasteiger partial charge in [-0.2, -0.15) is 4.31 Å². The number of halogens is 2. The van der Waals surface area contributed by atoms with E-state index in [-0.39, 0.29) is 37.8 Å². The number of benzene rings is 1. The number of nitrogens with zero attached hydrogens (tertiary/aromatic N) is 2. The minimum Gasteiger partial charge on any atom is -0.310 e. The molecule has 0 saturated carbocycles. The molecule has 1 aliphatic heterocycles. The summed E-state index contributed by atoms with van der Waals surface area (Å²) in [5.41, 5.74) is 0.969. The zero-order valence-electron chi connectivity index (χ0n) is 14.7. The van der Waals surface area contributed by atoms with Gasteiger partial charge in [0.05, 0.1) is 0 Å². The van der Waals surface area contributed by atoms with Crippen LogP contribution in [0.5, 0.6) is 0 Å². The maximum Gasteiger partial charge on any atom is 0.246 e. The zero-order valence-corrected chi connectivity index (χ0v) is 15.5. The van der Waals surface area contributed by atoms with Gasteiger partial charge in [-0.05, 0) is 49.6 Å². The van der Waals surface area contributed by atoms with Gasteiger partial charge in [0.15, 0.2) is 0 Å². The van der Waals surface area contributed by atoms with Crippen molar-refractivity contribution in [1.29, 1.82) is 0 Å². The van der Waals surface area contributed by atoms with Gasteiger partial charge in [-0.15, -0.1) is 0 Å². The number of piperidine rings is 1. The monoisotopic (exact) mass is 395 g/mol. The number of pyridine rings is 1. The van der Waals surface area contributed by atoms with Crippen LogP contribution < -0.4 is 5.32 Å². The first-order chi connectivity index (χ1) is 12.8. The average molecular weight is 395 g/mol. The quantitative estimate of drug-likeness (QED) is 0.863. The van der Waals surface area contributed by atoms with Crippen molar-refractivity contribution in [3.63, 3.8) is 0 Å². The number of sulfonamides is 1. The molecule has 27 heavy (non-hydrogen) atoms. The number of carbonyl (C=O) groups excluding carboxylic acids is 1. The highest BCUT2D eigenvalue weighted by Crippen LogP contribution is 2.26. The predicted molar refractivity (Wildman–Crippen MR) is 95.4 cm³/mol. The molecule has 1 fully saturated rings. The third-order valence-corrected chi connectivity index (χ3v) is 6.41. The van der Waals surface area contributed by atoms with Crippen LogP contribution in [0.25, 0.3) is 0 Å². The van der Waals surface area contributed by atoms with Crippen LogP contribution in [0.15, 0.2) is 41.4 Å². The van der Waals surface area contributed by atoms with Gasteiger partial charge in [0.1, 0.15) is 22.3 Å². The Bertz CT molecular complexity index is 941. The fraction of sp³-hybridized carbons (Fsp3) is 0.333. The molecular weight excluding hydrogens is 376 g/mol. The molecule has 0 spiro atoms. The first-order valence-corrected chi connectivity index (χ1v) is 9.90. The number of aryl methyl sites for hydroxylation is 1. The number of hydrogen-bond donors (Lipinski definition) is 1. The van der Waals surface area contributed by atoms with E-state index in [1.54, 1.807) is 12.3 Å². The van der Waals surface area contributed by atoms with Crippen molar-refractivity contribution >= 4 is 21.7 Å². The number of carbonyl (C=O) groups is 1. The molecule has 6 nitrogen and oxygen atoms in total. The van der Waals surface area contributed by atoms with Gasteiger partial charge in [-0.25, -0.2) is 22.2 Å². The summed E-state index contributed by atoms with van der Waals surface area (Å²) in [6, 6.07) is 5.85. The van der Waals surface area contributed by atoms with Crippen molar-refractivity contribution in [2.75, 3.05) is 18.4 Å². The minimum atomic E-state index is -4.15. The molecule has 2 heterocycles. The fourth-order valence-corrected chi connectivity index (χ4v) is 4.49. The predicted octanol–water partition coefficient (Wildman–Crippen LogP) is 2.71. The third kappa shape index (κ3) is 4.30. The van der Waals surface area contributed by atoms with Crippen LogP contribution in [0.1, 0.15) is 18.4 Å². The average Bonchev–Trinajstić information content (AvgIpc) is 2.65. The second kappa shape index (κ2) is 7.69. The Morgan fingerprint density at radius 3 is 2.52 bits per heavy atom. The van der Waals surface area contributed by atoms with E-state index in [0.29, 0.717) is 11.9 Å². The van der Waals surface area contributed by atoms with Crippen LogP contribution in [0.4, 0.5) is 14.6 Å². The summed E-state index contributed by atoms with van der Waals surface area (Å²) in [6.45, 7) is 1.99. The lowest BCUT2D eigenvalue weighted by Crippen LogP contribution is -2.41. The Hall–Kier alpha value is -2.39. The number of rotatable bonds is 4. The van der Waals surface area contributed by atoms with E-state index in [2.05, 4.69) is 10.3 Å². The van der Waals surface area contributed by atoms with Crippen LogP contribution in [0.3, 0.4) is 0 Å². The lowest BCUT2D eigenvalue weighted by atomic mass is 9.97. The molecule has 0 radical (unpaired) electrons. The topological polar surface area (TPSA) is 79.4 Å². The smallest absolute Gasteiger partial charge is 0.246 e. The molecule has 0 bridgehead atoms. The zero-order chi connectivity index (χ0) is 19.6. The van der Waals surface area contributed by atoms with Crippen LogP contribution in [0, 0.1) is 24.5 Å². The summed E-state index contributed by atoms with van der Waals surface area (Å²) in [4.78, 5) is 15.8. The molecule has 1 N–H and O–H groups in total. The van der Waals surface area contributed by atoms with Crippen molar-refractivity contribution in [2.24, 2.45) is 5.92 Å². The molecule has 0 atom stereocenters. The van der Waals surface area contributed by atoms with E-state index in [0.717, 1.165) is 22.0 Å². The summed E-state index contributed by atoms with van der Waals surface area (Å²) in [5, 5.41) is 2.71. The van der Waals surface area contributed by atoms with E-state index in [4.69, 9.17) is 0 Å². The molecule has 1 aromatic carbocycles. The Balaban J connectivity index is 1.65. The Labute approximate surface area is 156 Å². The Morgan fingerprint density at radius 2 is 1.89 bits per heavy atom. The van der Waals surface area contributed by atoms with Crippen molar-refractivity contribution in [3.8, 4) is 0 Å². The van der Waals surface area contributed by atoms with E-state index < -0.39 is 26.6 Å². The highest BCUT2D eigenvalue weighted by molar-refractivity contribution is 7.89. The van der Waals surface area contributed by atoms with Crippen LogP contribution in [0.2, 0.25) is 0 Å². The Morgan fingerprint density at radius 1 is 1.19 bits per heavy atom. The summed E-state index contributed by atoms with van der Waals surface area (Å²) < 4.78 is 53.4. The number of amides is 1. The summed E-state index contributed by atoms with van der Waals surface area (Å²) in [5.74, 6) is -2.00. The first kappa shape index (κ1) is 19.4. The van der Waals surface area contributed by atoms with Crippen molar-refractivity contribution in [3.05, 3.63) is 53.7 Å². The fourth-order valence-electron chi connectivity index (χ4n) is 2.94. The van der Waals surface area contributed by atoms with Gasteiger partial charge in [-0.3, -0.25) is 4.79 Å². The highest BCUT2D eigenvalue weighted by Gasteiger charge is 2.33. The molecule has 1 aromatic heterocycles. The second-order valence-corrected chi connectivity index (χ2v) is 8.37. The van der Waals surface area contributed by atoms with Crippen molar-refractivity contribution in [2.45, 2.75) is 24.7 Å². The van der Waals surface area contributed by atoms with Gasteiger partial charge >= 0.3 is 0 Å². The summed E-state index contributed by atoms with van der Waals surface area (Å²) in [6.07, 6.45) is 2.21. The van der Waals surface area contributed by atoms with E-state index >= 15 is 0 Å². The molecule has 1 aliphatic rings. The second-order valence-electron chi connectivity index (χ2n) is 6.46. The van der Waals surface area contributed by atoms with Gasteiger partial charge in [0.25, 0.3) is 0 Å². The van der Waals surface area contributed by atoms with Gasteiger partial charge < -0.3 is 5.32 Å². The van der Waals surface area contributed by atoms with Gasteiger partial charge in [0, 0.05) is 25.2 Å². The normalized spacial score (nSPS) is 16.3.